The van der Waals surface area contributed by atoms with E-state index >= 15 is 0 Å². The summed E-state index contributed by atoms with van der Waals surface area (Å²) in [6.45, 7) is 37.7. The van der Waals surface area contributed by atoms with Gasteiger partial charge in [-0.2, -0.15) is 0 Å². The molecule has 21 heteroatoms. The van der Waals surface area contributed by atoms with E-state index in [1.54, 1.807) is 57.2 Å². The first-order valence-electron chi connectivity index (χ1n) is 21.3. The second-order valence-electron chi connectivity index (χ2n) is 16.4. The molecule has 0 saturated carbocycles. The third kappa shape index (κ3) is 10.5. The molecule has 15 nitrogen and oxygen atoms in total. The summed E-state index contributed by atoms with van der Waals surface area (Å²) in [5.41, 5.74) is 10.4. The highest BCUT2D eigenvalue weighted by Crippen LogP contribution is 2.39. The van der Waals surface area contributed by atoms with Crippen molar-refractivity contribution in [3.05, 3.63) is 154 Å². The molecule has 3 aliphatic rings. The van der Waals surface area contributed by atoms with Gasteiger partial charge >= 0.3 is 21.4 Å². The van der Waals surface area contributed by atoms with Crippen molar-refractivity contribution in [3.8, 4) is 34.9 Å². The van der Waals surface area contributed by atoms with Crippen LogP contribution in [0.3, 0.4) is 0 Å². The molecule has 3 atom stereocenters. The van der Waals surface area contributed by atoms with E-state index in [4.69, 9.17) is 82.7 Å². The monoisotopic (exact) mass is 984 g/mol. The van der Waals surface area contributed by atoms with E-state index in [2.05, 4.69) is 29.5 Å². The molecule has 0 fully saturated rings. The van der Waals surface area contributed by atoms with Crippen LogP contribution in [0.2, 0.25) is 15.1 Å². The number of fused-ring (bicyclic) bond motifs is 3. The lowest BCUT2D eigenvalue weighted by molar-refractivity contribution is 0.208. The van der Waals surface area contributed by atoms with Crippen LogP contribution in [0.15, 0.2) is 54.6 Å². The van der Waals surface area contributed by atoms with Gasteiger partial charge in [-0.15, -0.1) is 0 Å². The first-order chi connectivity index (χ1) is 32.7. The molecule has 0 radical (unpaired) electrons. The summed E-state index contributed by atoms with van der Waals surface area (Å²) in [5.74, 6) is 2.52. The average molecular weight is 986 g/mol. The Morgan fingerprint density at radius 2 is 1.00 bits per heavy atom. The summed E-state index contributed by atoms with van der Waals surface area (Å²) < 4.78 is 33.7. The quantitative estimate of drug-likeness (QED) is 0.107. The molecule has 6 heterocycles. The van der Waals surface area contributed by atoms with Gasteiger partial charge in [0.1, 0.15) is 17.2 Å². The first kappa shape index (κ1) is 50.7. The Labute approximate surface area is 415 Å². The van der Waals surface area contributed by atoms with Gasteiger partial charge in [-0.05, 0) is 155 Å². The fraction of sp³-hybridized carbons (Fsp3) is 0.250. The zero-order valence-electron chi connectivity index (χ0n) is 38.8. The fourth-order valence-corrected chi connectivity index (χ4v) is 8.60. The van der Waals surface area contributed by atoms with E-state index in [1.165, 1.54) is 0 Å². The third-order valence-corrected chi connectivity index (χ3v) is 12.5. The van der Waals surface area contributed by atoms with Crippen molar-refractivity contribution in [1.82, 2.24) is 15.0 Å². The zero-order valence-corrected chi connectivity index (χ0v) is 41.0. The highest BCUT2D eigenvalue weighted by atomic mass is 35.5. The standard InChI is InChI=1S/3C16H14BClN2O3/c1-8-5-12-11(10(3)23-17(12)21)6-15(8)22-16-13(18)7-14(19-4)9(2)20-16;1-8-5-11(6-12-10(3)23-17(21)15(8)12)22-16-13(18)7-14(19-4)9(2)20-16;1-8-14(6-5-11-15(8)10(3)23-17(11)21)22-16-12(18)7-13(19-4)9(2)20-16/h3*5-7,10,21H,1-3H3. The lowest BCUT2D eigenvalue weighted by Crippen LogP contribution is -2.30. The third-order valence-electron chi connectivity index (χ3n) is 11.6. The van der Waals surface area contributed by atoms with Crippen LogP contribution >= 0.6 is 34.8 Å². The van der Waals surface area contributed by atoms with Crippen LogP contribution in [0.4, 0.5) is 17.1 Å². The van der Waals surface area contributed by atoms with Crippen LogP contribution < -0.4 is 30.6 Å². The van der Waals surface area contributed by atoms with Crippen LogP contribution in [0, 0.1) is 61.3 Å². The molecule has 0 spiro atoms. The number of aryl methyl sites for hydroxylation is 5. The Balaban J connectivity index is 0.000000153. The Bertz CT molecular complexity index is 3090. The van der Waals surface area contributed by atoms with Gasteiger partial charge in [0.25, 0.3) is 0 Å². The summed E-state index contributed by atoms with van der Waals surface area (Å²) in [6.07, 6.45) is -0.632. The second-order valence-corrected chi connectivity index (χ2v) is 17.6. The number of rotatable bonds is 6. The molecule has 3 aliphatic heterocycles. The summed E-state index contributed by atoms with van der Waals surface area (Å²) in [7, 11) is -2.72. The van der Waals surface area contributed by atoms with E-state index in [-0.39, 0.29) is 51.0 Å². The number of hydrogen-bond acceptors (Lipinski definition) is 12. The van der Waals surface area contributed by atoms with Gasteiger partial charge in [0, 0.05) is 17.1 Å². The number of ether oxygens (including phenoxy) is 3. The minimum atomic E-state index is -0.908. The molecule has 6 aromatic rings. The van der Waals surface area contributed by atoms with Crippen molar-refractivity contribution in [2.75, 3.05) is 0 Å². The van der Waals surface area contributed by atoms with E-state index in [1.807, 2.05) is 59.7 Å². The minimum Gasteiger partial charge on any atom is -0.438 e. The molecule has 3 aromatic heterocycles. The van der Waals surface area contributed by atoms with Crippen molar-refractivity contribution >= 4 is 89.6 Å². The number of hydrogen-bond donors (Lipinski definition) is 3. The lowest BCUT2D eigenvalue weighted by atomic mass is 9.76. The van der Waals surface area contributed by atoms with Gasteiger partial charge in [0.15, 0.2) is 0 Å². The highest BCUT2D eigenvalue weighted by Gasteiger charge is 2.37. The Morgan fingerprint density at radius 3 is 1.54 bits per heavy atom. The summed E-state index contributed by atoms with van der Waals surface area (Å²) in [5, 5.41) is 30.5. The number of aromatic nitrogens is 3. The topological polar surface area (TPSA) is 168 Å². The SMILES string of the molecule is [C-]#[N+]c1cc(Cl)c(Oc2cc(C)c3c(c2)C(C)OB3O)nc1C.[C-]#[N+]c1cc(Cl)c(Oc2cc3c(cc2C)B(O)OC3C)nc1C.[C-]#[N+]c1cc(Cl)c(Oc2ccc3c(c2C)C(C)OB3O)nc1C. The molecule has 348 valence electrons. The Kier molecular flexibility index (Phi) is 15.3. The molecular weight excluding hydrogens is 943 g/mol. The van der Waals surface area contributed by atoms with E-state index < -0.39 is 21.4 Å². The van der Waals surface area contributed by atoms with Gasteiger partial charge < -0.3 is 43.2 Å². The van der Waals surface area contributed by atoms with Gasteiger partial charge in [0.2, 0.25) is 34.7 Å². The number of pyridine rings is 3. The van der Waals surface area contributed by atoms with Crippen LogP contribution in [0.1, 0.15) is 89.5 Å². The van der Waals surface area contributed by atoms with Crippen LogP contribution in [0.25, 0.3) is 14.5 Å². The van der Waals surface area contributed by atoms with E-state index in [9.17, 15) is 15.1 Å². The van der Waals surface area contributed by atoms with Gasteiger partial charge in [-0.3, -0.25) is 0 Å². The van der Waals surface area contributed by atoms with Crippen molar-refractivity contribution in [3.63, 3.8) is 0 Å². The fourth-order valence-electron chi connectivity index (χ4n) is 8.05. The van der Waals surface area contributed by atoms with Gasteiger partial charge in [0.05, 0.1) is 53.1 Å². The minimum absolute atomic E-state index is 0.210. The summed E-state index contributed by atoms with van der Waals surface area (Å²) >= 11 is 18.5. The van der Waals surface area contributed by atoms with E-state index in [0.717, 1.165) is 49.8 Å². The summed E-state index contributed by atoms with van der Waals surface area (Å²) in [6, 6.07) is 15.5. The predicted molar refractivity (Wildman–Crippen MR) is 266 cm³/mol. The predicted octanol–water partition coefficient (Wildman–Crippen LogP) is 10.4. The molecular formula is C48H42B3Cl3N6O9. The maximum absolute atomic E-state index is 9.93. The molecule has 9 rings (SSSR count). The summed E-state index contributed by atoms with van der Waals surface area (Å²) in [4.78, 5) is 22.9. The molecule has 0 amide bonds. The normalized spacial score (nSPS) is 16.2. The molecule has 0 aliphatic carbocycles. The van der Waals surface area contributed by atoms with Crippen molar-refractivity contribution < 1.29 is 43.2 Å². The van der Waals surface area contributed by atoms with Crippen molar-refractivity contribution in [1.29, 1.82) is 0 Å². The maximum Gasteiger partial charge on any atom is 0.492 e. The Hall–Kier alpha value is -6.20. The lowest BCUT2D eigenvalue weighted by Gasteiger charge is -2.14. The molecule has 0 saturated heterocycles. The van der Waals surface area contributed by atoms with E-state index in [0.29, 0.717) is 51.4 Å². The second kappa shape index (κ2) is 20.8. The number of nitrogens with zero attached hydrogens (tertiary/aromatic N) is 6. The number of halogens is 3. The largest absolute Gasteiger partial charge is 0.492 e. The van der Waals surface area contributed by atoms with Crippen LogP contribution in [-0.2, 0) is 14.0 Å². The molecule has 3 N–H and O–H groups in total. The van der Waals surface area contributed by atoms with Crippen molar-refractivity contribution in [2.24, 2.45) is 0 Å². The first-order valence-corrected chi connectivity index (χ1v) is 22.5. The van der Waals surface area contributed by atoms with Gasteiger partial charge in [-0.1, -0.05) is 46.9 Å². The van der Waals surface area contributed by atoms with Crippen molar-refractivity contribution in [2.45, 2.75) is 80.6 Å². The highest BCUT2D eigenvalue weighted by molar-refractivity contribution is 6.63. The van der Waals surface area contributed by atoms with Gasteiger partial charge in [-0.25, -0.2) is 29.5 Å². The molecule has 0 bridgehead atoms. The molecule has 69 heavy (non-hydrogen) atoms. The maximum atomic E-state index is 9.93. The average Bonchev–Trinajstić information content (AvgIpc) is 3.87. The number of benzene rings is 3. The van der Waals surface area contributed by atoms with Crippen LogP contribution in [0.5, 0.6) is 34.9 Å². The Morgan fingerprint density at radius 1 is 0.536 bits per heavy atom. The molecule has 3 unspecified atom stereocenters. The van der Waals surface area contributed by atoms with Crippen LogP contribution in [-0.4, -0.2) is 51.4 Å². The smallest absolute Gasteiger partial charge is 0.438 e. The zero-order chi connectivity index (χ0) is 50.2. The molecule has 3 aromatic carbocycles.